The van der Waals surface area contributed by atoms with Gasteiger partial charge in [0.15, 0.2) is 5.01 Å². The molecule has 12 heteroatoms. The quantitative estimate of drug-likeness (QED) is 0.617. The number of cyclic esters (lactones) is 1. The van der Waals surface area contributed by atoms with E-state index in [-0.39, 0.29) is 30.3 Å². The van der Waals surface area contributed by atoms with Gasteiger partial charge in [-0.2, -0.15) is 0 Å². The van der Waals surface area contributed by atoms with Crippen molar-refractivity contribution in [3.05, 3.63) is 29.0 Å². The van der Waals surface area contributed by atoms with Crippen LogP contribution in [-0.4, -0.2) is 55.9 Å². The van der Waals surface area contributed by atoms with Gasteiger partial charge in [0.1, 0.15) is 16.9 Å². The topological polar surface area (TPSA) is 125 Å². The van der Waals surface area contributed by atoms with Crippen molar-refractivity contribution in [2.75, 3.05) is 23.7 Å². The van der Waals surface area contributed by atoms with Crippen LogP contribution in [0.25, 0.3) is 10.6 Å². The molecule has 156 valence electrons. The van der Waals surface area contributed by atoms with Gasteiger partial charge in [0, 0.05) is 24.7 Å². The van der Waals surface area contributed by atoms with Crippen LogP contribution in [-0.2, 0) is 27.0 Å². The van der Waals surface area contributed by atoms with Crippen molar-refractivity contribution >= 4 is 40.1 Å². The molecule has 9 nitrogen and oxygen atoms in total. The minimum atomic E-state index is -2.10. The van der Waals surface area contributed by atoms with Gasteiger partial charge < -0.3 is 14.6 Å². The molecule has 1 saturated heterocycles. The zero-order chi connectivity index (χ0) is 21.0. The lowest BCUT2D eigenvalue weighted by molar-refractivity contribution is -0.119. The number of benzene rings is 1. The monoisotopic (exact) mass is 441 g/mol. The number of carbonyl (C=O) groups excluding carboxylic acids is 2. The van der Waals surface area contributed by atoms with E-state index in [4.69, 9.17) is 4.74 Å². The van der Waals surface area contributed by atoms with Crippen LogP contribution in [0.2, 0.25) is 0 Å². The highest BCUT2D eigenvalue weighted by molar-refractivity contribution is 7.79. The molecule has 0 spiro atoms. The van der Waals surface area contributed by atoms with Crippen LogP contribution in [0.3, 0.4) is 0 Å². The van der Waals surface area contributed by atoms with Gasteiger partial charge in [-0.1, -0.05) is 22.4 Å². The maximum absolute atomic E-state index is 14.7. The normalized spacial score (nSPS) is 17.3. The number of hydrogen-bond acceptors (Lipinski definition) is 8. The SMILES string of the molecule is CC(=O)NC[C@H]1CN(c2ccc(-c3nnc(CCCS(=O)[O-])s3)c(F)c2)C(=O)O1. The van der Waals surface area contributed by atoms with Gasteiger partial charge in [-0.15, -0.1) is 10.2 Å². The van der Waals surface area contributed by atoms with Crippen molar-refractivity contribution in [1.29, 1.82) is 0 Å². The highest BCUT2D eigenvalue weighted by Gasteiger charge is 2.32. The average molecular weight is 441 g/mol. The molecule has 1 N–H and O–H groups in total. The van der Waals surface area contributed by atoms with Crippen LogP contribution in [0.4, 0.5) is 14.9 Å². The summed E-state index contributed by atoms with van der Waals surface area (Å²) in [5.41, 5.74) is 0.580. The molecule has 2 aromatic rings. The first-order valence-corrected chi connectivity index (χ1v) is 10.8. The van der Waals surface area contributed by atoms with E-state index in [2.05, 4.69) is 15.5 Å². The zero-order valence-electron chi connectivity index (χ0n) is 15.4. The average Bonchev–Trinajstić information content (AvgIpc) is 3.26. The van der Waals surface area contributed by atoms with Crippen molar-refractivity contribution in [3.8, 4) is 10.6 Å². The Morgan fingerprint density at radius 2 is 2.28 bits per heavy atom. The van der Waals surface area contributed by atoms with Gasteiger partial charge in [-0.05, 0) is 24.6 Å². The fourth-order valence-electron chi connectivity index (χ4n) is 2.75. The van der Waals surface area contributed by atoms with Gasteiger partial charge in [0.05, 0.1) is 18.8 Å². The van der Waals surface area contributed by atoms with E-state index in [0.717, 1.165) is 0 Å². The van der Waals surface area contributed by atoms with Crippen molar-refractivity contribution in [1.82, 2.24) is 15.5 Å². The number of carbonyl (C=O) groups is 2. The number of aromatic nitrogens is 2. The summed E-state index contributed by atoms with van der Waals surface area (Å²) in [6, 6.07) is 4.32. The molecule has 0 saturated carbocycles. The molecule has 2 amide bonds. The van der Waals surface area contributed by atoms with Gasteiger partial charge in [-0.25, -0.2) is 9.18 Å². The number of nitrogens with one attached hydrogen (secondary N) is 1. The van der Waals surface area contributed by atoms with Gasteiger partial charge >= 0.3 is 6.09 Å². The van der Waals surface area contributed by atoms with Gasteiger partial charge in [0.2, 0.25) is 5.91 Å². The summed E-state index contributed by atoms with van der Waals surface area (Å²) in [5.74, 6) is -0.760. The van der Waals surface area contributed by atoms with Gasteiger partial charge in [0.25, 0.3) is 0 Å². The maximum atomic E-state index is 14.7. The van der Waals surface area contributed by atoms with Crippen LogP contribution in [0, 0.1) is 5.82 Å². The van der Waals surface area contributed by atoms with E-state index in [9.17, 15) is 22.7 Å². The first kappa shape index (κ1) is 21.3. The molecule has 0 aliphatic carbocycles. The van der Waals surface area contributed by atoms with Crippen LogP contribution in [0.5, 0.6) is 0 Å². The van der Waals surface area contributed by atoms with Crippen LogP contribution in [0.1, 0.15) is 18.4 Å². The molecule has 0 radical (unpaired) electrons. The molecule has 2 heterocycles. The molecule has 0 bridgehead atoms. The molecule has 1 aromatic carbocycles. The largest absolute Gasteiger partial charge is 0.772 e. The van der Waals surface area contributed by atoms with Gasteiger partial charge in [-0.3, -0.25) is 13.9 Å². The fourth-order valence-corrected chi connectivity index (χ4v) is 4.03. The standard InChI is InChI=1S/C17H19FN4O5S2/c1-10(23)19-8-12-9-22(17(24)27-12)11-4-5-13(14(18)7-11)16-21-20-15(28-16)3-2-6-29(25)26/h4-5,7,12H,2-3,6,8-9H2,1H3,(H,19,23)(H,25,26)/p-1/t12-/m0/s1. The summed E-state index contributed by atoms with van der Waals surface area (Å²) in [6.07, 6.45) is -0.256. The van der Waals surface area contributed by atoms with Crippen molar-refractivity contribution < 1.29 is 27.5 Å². The third-order valence-electron chi connectivity index (χ3n) is 4.12. The third kappa shape index (κ3) is 5.55. The second-order valence-electron chi connectivity index (χ2n) is 6.33. The Kier molecular flexibility index (Phi) is 6.87. The van der Waals surface area contributed by atoms with E-state index in [1.54, 1.807) is 6.07 Å². The molecule has 2 atom stereocenters. The number of amides is 2. The number of rotatable bonds is 8. The Morgan fingerprint density at radius 1 is 1.48 bits per heavy atom. The fraction of sp³-hybridized carbons (Fsp3) is 0.412. The zero-order valence-corrected chi connectivity index (χ0v) is 17.1. The molecule has 1 unspecified atom stereocenters. The minimum Gasteiger partial charge on any atom is -0.772 e. The minimum absolute atomic E-state index is 0.0346. The van der Waals surface area contributed by atoms with E-state index < -0.39 is 29.1 Å². The number of nitrogens with zero attached hydrogens (tertiary/aromatic N) is 3. The van der Waals surface area contributed by atoms with Crippen LogP contribution >= 0.6 is 11.3 Å². The summed E-state index contributed by atoms with van der Waals surface area (Å²) in [6.45, 7) is 1.75. The summed E-state index contributed by atoms with van der Waals surface area (Å²) in [5, 5.41) is 11.5. The highest BCUT2D eigenvalue weighted by atomic mass is 32.2. The van der Waals surface area contributed by atoms with Crippen LogP contribution < -0.4 is 10.2 Å². The number of halogens is 1. The Hall–Kier alpha value is -2.44. The van der Waals surface area contributed by atoms with Crippen molar-refractivity contribution in [2.24, 2.45) is 0 Å². The Balaban J connectivity index is 1.67. The van der Waals surface area contributed by atoms with E-state index in [1.165, 1.54) is 35.3 Å². The molecular formula is C17H18FN4O5S2-. The predicted molar refractivity (Wildman–Crippen MR) is 104 cm³/mol. The Morgan fingerprint density at radius 3 is 2.97 bits per heavy atom. The summed E-state index contributed by atoms with van der Waals surface area (Å²) >= 11 is -0.911. The van der Waals surface area contributed by atoms with E-state index in [1.807, 2.05) is 0 Å². The second-order valence-corrected chi connectivity index (χ2v) is 8.41. The lowest BCUT2D eigenvalue weighted by Gasteiger charge is -2.14. The number of anilines is 1. The summed E-state index contributed by atoms with van der Waals surface area (Å²) < 4.78 is 41.0. The summed E-state index contributed by atoms with van der Waals surface area (Å²) in [4.78, 5) is 24.3. The number of aryl methyl sites for hydroxylation is 1. The Labute approximate surface area is 172 Å². The molecule has 1 fully saturated rings. The maximum Gasteiger partial charge on any atom is 0.414 e. The van der Waals surface area contributed by atoms with E-state index in [0.29, 0.717) is 28.5 Å². The smallest absolute Gasteiger partial charge is 0.414 e. The Bertz CT molecular complexity index is 938. The molecular weight excluding hydrogens is 423 g/mol. The number of hydrogen-bond donors (Lipinski definition) is 1. The third-order valence-corrected chi connectivity index (χ3v) is 5.75. The number of ether oxygens (including phenoxy) is 1. The predicted octanol–water partition coefficient (Wildman–Crippen LogP) is 1.62. The molecule has 29 heavy (non-hydrogen) atoms. The van der Waals surface area contributed by atoms with Crippen LogP contribution in [0.15, 0.2) is 18.2 Å². The van der Waals surface area contributed by atoms with Crippen molar-refractivity contribution in [3.63, 3.8) is 0 Å². The second kappa shape index (κ2) is 9.37. The lowest BCUT2D eigenvalue weighted by Crippen LogP contribution is -2.33. The lowest BCUT2D eigenvalue weighted by atomic mass is 10.2. The highest BCUT2D eigenvalue weighted by Crippen LogP contribution is 2.31. The molecule has 3 rings (SSSR count). The molecule has 1 aliphatic heterocycles. The summed E-state index contributed by atoms with van der Waals surface area (Å²) in [7, 11) is 0. The van der Waals surface area contributed by atoms with Crippen molar-refractivity contribution in [2.45, 2.75) is 25.9 Å². The first-order valence-electron chi connectivity index (χ1n) is 8.74. The molecule has 1 aromatic heterocycles. The first-order chi connectivity index (χ1) is 13.8. The van der Waals surface area contributed by atoms with E-state index >= 15 is 0 Å². The molecule has 1 aliphatic rings.